The number of nitrogens with zero attached hydrogens (tertiary/aromatic N) is 1. The van der Waals surface area contributed by atoms with E-state index < -0.39 is 35.2 Å². The normalized spacial score (nSPS) is 14.0. The van der Waals surface area contributed by atoms with Crippen LogP contribution in [-0.4, -0.2) is 51.1 Å². The van der Waals surface area contributed by atoms with Gasteiger partial charge in [-0.3, -0.25) is 9.59 Å². The maximum atomic E-state index is 14.8. The summed E-state index contributed by atoms with van der Waals surface area (Å²) in [6.07, 6.45) is 1.70. The van der Waals surface area contributed by atoms with Crippen molar-refractivity contribution in [2.75, 3.05) is 0 Å². The van der Waals surface area contributed by atoms with Gasteiger partial charge in [0.2, 0.25) is 11.8 Å². The minimum absolute atomic E-state index is 0.0792. The van der Waals surface area contributed by atoms with E-state index in [0.29, 0.717) is 6.42 Å². The third-order valence-electron chi connectivity index (χ3n) is 7.47. The Morgan fingerprint density at radius 1 is 0.952 bits per heavy atom. The SMILES string of the molecule is CCCC(C)NC(=O)C(c1cc(C)ccc1C)N(C(=O)C(Cc1ccc(O)cc1)NC(=O)OC(C)(C)C)C(C)(C)CC. The number of phenolic OH excluding ortho intramolecular Hbond substituents is 1. The lowest BCUT2D eigenvalue weighted by atomic mass is 9.89. The quantitative estimate of drug-likeness (QED) is 0.265. The number of rotatable bonds is 12. The molecule has 0 spiro atoms. The highest BCUT2D eigenvalue weighted by Crippen LogP contribution is 2.34. The molecule has 0 fully saturated rings. The minimum atomic E-state index is -1.04. The van der Waals surface area contributed by atoms with Crippen LogP contribution < -0.4 is 10.6 Å². The molecule has 42 heavy (non-hydrogen) atoms. The van der Waals surface area contributed by atoms with Gasteiger partial charge in [0.15, 0.2) is 0 Å². The van der Waals surface area contributed by atoms with Gasteiger partial charge in [-0.1, -0.05) is 56.2 Å². The molecular formula is C34H51N3O5. The maximum absolute atomic E-state index is 14.8. The van der Waals surface area contributed by atoms with Crippen LogP contribution in [0.1, 0.15) is 103 Å². The van der Waals surface area contributed by atoms with Gasteiger partial charge in [0.25, 0.3) is 0 Å². The number of aromatic hydroxyl groups is 1. The summed E-state index contributed by atoms with van der Waals surface area (Å²) in [7, 11) is 0. The maximum Gasteiger partial charge on any atom is 0.408 e. The van der Waals surface area contributed by atoms with Crippen LogP contribution in [0.15, 0.2) is 42.5 Å². The first kappa shape index (κ1) is 34.7. The summed E-state index contributed by atoms with van der Waals surface area (Å²) >= 11 is 0. The molecule has 2 aromatic carbocycles. The highest BCUT2D eigenvalue weighted by atomic mass is 16.6. The Hall–Kier alpha value is -3.55. The molecular weight excluding hydrogens is 530 g/mol. The average molecular weight is 582 g/mol. The van der Waals surface area contributed by atoms with Crippen LogP contribution in [0.2, 0.25) is 0 Å². The fourth-order valence-electron chi connectivity index (χ4n) is 4.91. The van der Waals surface area contributed by atoms with Gasteiger partial charge in [0, 0.05) is 18.0 Å². The zero-order chi connectivity index (χ0) is 31.8. The smallest absolute Gasteiger partial charge is 0.408 e. The zero-order valence-corrected chi connectivity index (χ0v) is 27.1. The fraction of sp³-hybridized carbons (Fsp3) is 0.559. The number of carbonyl (C=O) groups excluding carboxylic acids is 3. The summed E-state index contributed by atoms with van der Waals surface area (Å²) in [4.78, 5) is 43.6. The van der Waals surface area contributed by atoms with E-state index in [2.05, 4.69) is 17.6 Å². The molecule has 2 rings (SSSR count). The topological polar surface area (TPSA) is 108 Å². The molecule has 3 amide bonds. The van der Waals surface area contributed by atoms with Gasteiger partial charge in [0.1, 0.15) is 23.4 Å². The second kappa shape index (κ2) is 14.6. The third kappa shape index (κ3) is 9.78. The Morgan fingerprint density at radius 2 is 1.57 bits per heavy atom. The molecule has 0 radical (unpaired) electrons. The Balaban J connectivity index is 2.72. The molecule has 2 aromatic rings. The summed E-state index contributed by atoms with van der Waals surface area (Å²) in [5.74, 6) is -0.562. The highest BCUT2D eigenvalue weighted by molar-refractivity contribution is 5.93. The van der Waals surface area contributed by atoms with Crippen molar-refractivity contribution in [2.24, 2.45) is 0 Å². The molecule has 0 saturated heterocycles. The average Bonchev–Trinajstić information content (AvgIpc) is 2.88. The summed E-state index contributed by atoms with van der Waals surface area (Å²) < 4.78 is 5.53. The molecule has 0 heterocycles. The number of phenols is 1. The van der Waals surface area contributed by atoms with Crippen molar-refractivity contribution in [1.29, 1.82) is 0 Å². The lowest BCUT2D eigenvalue weighted by Gasteiger charge is -2.45. The molecule has 3 N–H and O–H groups in total. The third-order valence-corrected chi connectivity index (χ3v) is 7.47. The van der Waals surface area contributed by atoms with Crippen LogP contribution in [0.5, 0.6) is 5.75 Å². The summed E-state index contributed by atoms with van der Waals surface area (Å²) in [6, 6.07) is 10.4. The lowest BCUT2D eigenvalue weighted by Crippen LogP contribution is -2.60. The second-order valence-electron chi connectivity index (χ2n) is 12.9. The first-order valence-electron chi connectivity index (χ1n) is 15.0. The molecule has 0 aliphatic carbocycles. The van der Waals surface area contributed by atoms with E-state index in [1.165, 1.54) is 0 Å². The van der Waals surface area contributed by atoms with Gasteiger partial charge in [-0.05, 0) is 97.1 Å². The van der Waals surface area contributed by atoms with Crippen LogP contribution in [-0.2, 0) is 20.7 Å². The highest BCUT2D eigenvalue weighted by Gasteiger charge is 2.43. The predicted octanol–water partition coefficient (Wildman–Crippen LogP) is 6.51. The van der Waals surface area contributed by atoms with E-state index in [1.807, 2.05) is 59.7 Å². The molecule has 3 atom stereocenters. The number of aryl methyl sites for hydroxylation is 2. The molecule has 232 valence electrons. The number of amides is 3. The molecule has 3 unspecified atom stereocenters. The van der Waals surface area contributed by atoms with E-state index in [0.717, 1.165) is 35.1 Å². The van der Waals surface area contributed by atoms with Crippen LogP contribution in [0.25, 0.3) is 0 Å². The van der Waals surface area contributed by atoms with Gasteiger partial charge in [0.05, 0.1) is 0 Å². The number of nitrogens with one attached hydrogen (secondary N) is 2. The number of carbonyl (C=O) groups is 3. The van der Waals surface area contributed by atoms with Crippen molar-refractivity contribution in [1.82, 2.24) is 15.5 Å². The van der Waals surface area contributed by atoms with E-state index in [-0.39, 0.29) is 24.1 Å². The molecule has 8 heteroatoms. The number of hydrogen-bond donors (Lipinski definition) is 3. The number of benzene rings is 2. The van der Waals surface area contributed by atoms with Crippen LogP contribution >= 0.6 is 0 Å². The largest absolute Gasteiger partial charge is 0.508 e. The molecule has 0 aromatic heterocycles. The predicted molar refractivity (Wildman–Crippen MR) is 167 cm³/mol. The summed E-state index contributed by atoms with van der Waals surface area (Å²) in [5.41, 5.74) is 1.82. The van der Waals surface area contributed by atoms with Crippen LogP contribution in [0, 0.1) is 13.8 Å². The molecule has 0 aliphatic rings. The number of alkyl carbamates (subject to hydrolysis) is 1. The summed E-state index contributed by atoms with van der Waals surface area (Å²) in [5, 5.41) is 15.8. The Kier molecular flexibility index (Phi) is 12.0. The number of hydrogen-bond acceptors (Lipinski definition) is 5. The van der Waals surface area contributed by atoms with Crippen LogP contribution in [0.4, 0.5) is 4.79 Å². The molecule has 0 aliphatic heterocycles. The Bertz CT molecular complexity index is 1220. The van der Waals surface area contributed by atoms with Crippen molar-refractivity contribution in [3.8, 4) is 5.75 Å². The lowest BCUT2D eigenvalue weighted by molar-refractivity contribution is -0.149. The van der Waals surface area contributed by atoms with Gasteiger partial charge >= 0.3 is 6.09 Å². The van der Waals surface area contributed by atoms with Crippen molar-refractivity contribution in [3.63, 3.8) is 0 Å². The minimum Gasteiger partial charge on any atom is -0.508 e. The molecule has 8 nitrogen and oxygen atoms in total. The first-order chi connectivity index (χ1) is 19.5. The monoisotopic (exact) mass is 581 g/mol. The van der Waals surface area contributed by atoms with Gasteiger partial charge in [-0.25, -0.2) is 4.79 Å². The molecule has 0 bridgehead atoms. The van der Waals surface area contributed by atoms with E-state index in [4.69, 9.17) is 4.74 Å². The van der Waals surface area contributed by atoms with Gasteiger partial charge in [-0.15, -0.1) is 0 Å². The standard InChI is InChI=1S/C34H51N3O5/c1-11-13-24(5)35-30(39)29(27-20-22(3)14-15-23(27)4)37(34(9,10)12-2)31(40)28(36-32(41)42-33(6,7)8)21-25-16-18-26(38)19-17-25/h14-20,24,28-29,38H,11-13,21H2,1-10H3,(H,35,39)(H,36,41). The van der Waals surface area contributed by atoms with Gasteiger partial charge < -0.3 is 25.4 Å². The zero-order valence-electron chi connectivity index (χ0n) is 27.1. The van der Waals surface area contributed by atoms with Crippen molar-refractivity contribution < 1.29 is 24.2 Å². The Morgan fingerprint density at radius 3 is 2.12 bits per heavy atom. The van der Waals surface area contributed by atoms with E-state index in [9.17, 15) is 19.5 Å². The van der Waals surface area contributed by atoms with Crippen LogP contribution in [0.3, 0.4) is 0 Å². The summed E-state index contributed by atoms with van der Waals surface area (Å²) in [6.45, 7) is 19.1. The molecule has 0 saturated carbocycles. The Labute approximate surface area is 252 Å². The first-order valence-corrected chi connectivity index (χ1v) is 15.0. The second-order valence-corrected chi connectivity index (χ2v) is 12.9. The number of ether oxygens (including phenoxy) is 1. The van der Waals surface area contributed by atoms with Crippen molar-refractivity contribution >= 4 is 17.9 Å². The van der Waals surface area contributed by atoms with Crippen molar-refractivity contribution in [3.05, 3.63) is 64.7 Å². The van der Waals surface area contributed by atoms with Gasteiger partial charge in [-0.2, -0.15) is 0 Å². The fourth-order valence-corrected chi connectivity index (χ4v) is 4.91. The van der Waals surface area contributed by atoms with E-state index in [1.54, 1.807) is 49.9 Å². The van der Waals surface area contributed by atoms with Crippen molar-refractivity contribution in [2.45, 2.75) is 124 Å². The van der Waals surface area contributed by atoms with E-state index >= 15 is 0 Å².